The van der Waals surface area contributed by atoms with Crippen LogP contribution in [0.25, 0.3) is 21.5 Å². The maximum Gasteiger partial charge on any atom is 0.281 e. The zero-order chi connectivity index (χ0) is 30.5. The molecule has 1 fully saturated rings. The number of amides is 1. The molecule has 0 spiro atoms. The fraction of sp³-hybridized carbons (Fsp3) is 0.464. The molecule has 0 bridgehead atoms. The summed E-state index contributed by atoms with van der Waals surface area (Å²) in [5.41, 5.74) is 2.18. The van der Waals surface area contributed by atoms with E-state index in [0.717, 1.165) is 33.5 Å². The average molecular weight is 653 g/mol. The number of nitrogens with zero attached hydrogens (tertiary/aromatic N) is 6. The minimum absolute atomic E-state index is 0.0365. The van der Waals surface area contributed by atoms with Gasteiger partial charge in [0.15, 0.2) is 10.7 Å². The Labute approximate surface area is 259 Å². The Bertz CT molecular complexity index is 1730. The number of likely N-dealkylation sites (tertiary alicyclic amines) is 1. The molecule has 0 saturated carbocycles. The minimum atomic E-state index is -2.81. The summed E-state index contributed by atoms with van der Waals surface area (Å²) in [5.74, 6) is -0.470. The van der Waals surface area contributed by atoms with Crippen molar-refractivity contribution in [1.29, 1.82) is 0 Å². The van der Waals surface area contributed by atoms with Crippen LogP contribution in [0, 0.1) is 0 Å². The number of hydrogen-bond acceptors (Lipinski definition) is 8. The van der Waals surface area contributed by atoms with Crippen LogP contribution in [0.15, 0.2) is 35.5 Å². The number of rotatable bonds is 8. The van der Waals surface area contributed by atoms with Crippen LogP contribution in [0.3, 0.4) is 0 Å². The second-order valence-electron chi connectivity index (χ2n) is 11.2. The predicted octanol–water partition coefficient (Wildman–Crippen LogP) is 3.96. The maximum absolute atomic E-state index is 13.7. The molecule has 4 heterocycles. The highest BCUT2D eigenvalue weighted by molar-refractivity contribution is 7.11. The van der Waals surface area contributed by atoms with E-state index in [1.54, 1.807) is 0 Å². The molecule has 1 saturated heterocycles. The van der Waals surface area contributed by atoms with Gasteiger partial charge in [-0.3, -0.25) is 18.8 Å². The van der Waals surface area contributed by atoms with Gasteiger partial charge in [0.1, 0.15) is 11.6 Å². The first kappa shape index (κ1) is 30.1. The van der Waals surface area contributed by atoms with E-state index in [9.17, 15) is 23.5 Å². The number of likely N-dealkylation sites (N-methyl/N-ethyl adjacent to an activating group) is 1. The quantitative estimate of drug-likeness (QED) is 0.296. The Balaban J connectivity index is 1.14. The Morgan fingerprint density at radius 3 is 2.67 bits per heavy atom. The van der Waals surface area contributed by atoms with E-state index in [-0.39, 0.29) is 48.7 Å². The zero-order valence-electron chi connectivity index (χ0n) is 23.1. The topological polar surface area (TPSA) is 118 Å². The number of piperidine rings is 1. The normalized spacial score (nSPS) is 18.9. The van der Waals surface area contributed by atoms with E-state index in [1.165, 1.54) is 45.2 Å². The molecule has 0 radical (unpaired) electrons. The first-order chi connectivity index (χ1) is 20.5. The van der Waals surface area contributed by atoms with Crippen LogP contribution in [-0.2, 0) is 24.2 Å². The summed E-state index contributed by atoms with van der Waals surface area (Å²) in [6.07, 6.45) is 1.52. The van der Waals surface area contributed by atoms with Gasteiger partial charge in [-0.1, -0.05) is 23.2 Å². The average Bonchev–Trinajstić information content (AvgIpc) is 3.71. The van der Waals surface area contributed by atoms with E-state index in [4.69, 9.17) is 23.2 Å². The molecule has 4 aromatic rings. The number of aliphatic hydroxyl groups is 1. The summed E-state index contributed by atoms with van der Waals surface area (Å²) >= 11 is 13.6. The van der Waals surface area contributed by atoms with Gasteiger partial charge in [-0.05, 0) is 79.2 Å². The number of alkyl halides is 2. The fourth-order valence-electron chi connectivity index (χ4n) is 5.94. The van der Waals surface area contributed by atoms with Gasteiger partial charge in [0.05, 0.1) is 29.8 Å². The lowest BCUT2D eigenvalue weighted by molar-refractivity contribution is -0.138. The lowest BCUT2D eigenvalue weighted by Gasteiger charge is -2.38. The third kappa shape index (κ3) is 5.93. The Morgan fingerprint density at radius 2 is 2.00 bits per heavy atom. The standard InChI is InChI=1S/C28H29Cl2F2N7O3S/c1-33-17-9-15-8-16(10-19(29)18(15)11-17)25-23-24(36-43-25)27(41)38(14-34-23)13-28(42)3-6-37(7-4-28)22(40)12-20(26(31)32)39-5-2-21(30)35-39/h2,5,8,10,14,17,20,26,33,42H,3-4,6-7,9,11-13H2,1H3. The lowest BCUT2D eigenvalue weighted by atomic mass is 9.91. The van der Waals surface area contributed by atoms with Crippen LogP contribution in [0.2, 0.25) is 10.2 Å². The molecule has 1 amide bonds. The van der Waals surface area contributed by atoms with E-state index < -0.39 is 30.4 Å². The predicted molar refractivity (Wildman–Crippen MR) is 160 cm³/mol. The summed E-state index contributed by atoms with van der Waals surface area (Å²) in [6, 6.07) is 4.25. The highest BCUT2D eigenvalue weighted by Gasteiger charge is 2.37. The Hall–Kier alpha value is -2.97. The van der Waals surface area contributed by atoms with Crippen molar-refractivity contribution in [2.45, 2.75) is 62.8 Å². The van der Waals surface area contributed by atoms with E-state index in [1.807, 2.05) is 13.1 Å². The first-order valence-electron chi connectivity index (χ1n) is 13.9. The molecule has 2 N–H and O–H groups in total. The van der Waals surface area contributed by atoms with Crippen molar-refractivity contribution in [3.05, 3.63) is 62.4 Å². The van der Waals surface area contributed by atoms with Crippen LogP contribution in [0.5, 0.6) is 0 Å². The van der Waals surface area contributed by atoms with Gasteiger partial charge in [-0.2, -0.15) is 9.47 Å². The van der Waals surface area contributed by atoms with Crippen molar-refractivity contribution in [2.24, 2.45) is 0 Å². The Kier molecular flexibility index (Phi) is 8.28. The molecular weight excluding hydrogens is 623 g/mol. The van der Waals surface area contributed by atoms with E-state index in [2.05, 4.69) is 25.8 Å². The van der Waals surface area contributed by atoms with Crippen LogP contribution >= 0.6 is 34.7 Å². The van der Waals surface area contributed by atoms with Crippen molar-refractivity contribution in [1.82, 2.24) is 33.9 Å². The smallest absolute Gasteiger partial charge is 0.281 e. The van der Waals surface area contributed by atoms with Crippen molar-refractivity contribution in [3.8, 4) is 10.4 Å². The fourth-order valence-corrected chi connectivity index (χ4v) is 7.21. The van der Waals surface area contributed by atoms with Gasteiger partial charge < -0.3 is 15.3 Å². The first-order valence-corrected chi connectivity index (χ1v) is 15.4. The molecule has 2 atom stereocenters. The molecule has 1 aliphatic carbocycles. The van der Waals surface area contributed by atoms with Crippen LogP contribution in [0.4, 0.5) is 8.78 Å². The number of halogens is 4. The highest BCUT2D eigenvalue weighted by atomic mass is 35.5. The van der Waals surface area contributed by atoms with Crippen molar-refractivity contribution in [3.63, 3.8) is 0 Å². The molecule has 1 aromatic carbocycles. The second kappa shape index (κ2) is 11.8. The summed E-state index contributed by atoms with van der Waals surface area (Å²) < 4.78 is 34.1. The molecule has 10 nitrogen and oxygen atoms in total. The highest BCUT2D eigenvalue weighted by Crippen LogP contribution is 2.37. The molecule has 228 valence electrons. The van der Waals surface area contributed by atoms with Gasteiger partial charge in [0.25, 0.3) is 12.0 Å². The maximum atomic E-state index is 13.7. The van der Waals surface area contributed by atoms with Crippen molar-refractivity contribution < 1.29 is 18.7 Å². The number of carbonyl (C=O) groups excluding carboxylic acids is 1. The lowest BCUT2D eigenvalue weighted by Crippen LogP contribution is -2.50. The third-order valence-corrected chi connectivity index (χ3v) is 9.86. The molecule has 3 aromatic heterocycles. The third-order valence-electron chi connectivity index (χ3n) is 8.43. The summed E-state index contributed by atoms with van der Waals surface area (Å²) in [6.45, 7) is 0.277. The summed E-state index contributed by atoms with van der Waals surface area (Å²) in [5, 5.41) is 19.2. The van der Waals surface area contributed by atoms with Gasteiger partial charge >= 0.3 is 0 Å². The minimum Gasteiger partial charge on any atom is -0.388 e. The molecular formula is C28H29Cl2F2N7O3S. The largest absolute Gasteiger partial charge is 0.388 e. The molecule has 6 rings (SSSR count). The monoisotopic (exact) mass is 651 g/mol. The number of carbonyl (C=O) groups is 1. The molecule has 1 aliphatic heterocycles. The van der Waals surface area contributed by atoms with Crippen molar-refractivity contribution >= 4 is 51.7 Å². The Morgan fingerprint density at radius 1 is 1.23 bits per heavy atom. The molecule has 2 unspecified atom stereocenters. The zero-order valence-corrected chi connectivity index (χ0v) is 25.5. The van der Waals surface area contributed by atoms with E-state index >= 15 is 0 Å². The van der Waals surface area contributed by atoms with Crippen LogP contribution in [0.1, 0.15) is 36.4 Å². The summed E-state index contributed by atoms with van der Waals surface area (Å²) in [7, 11) is 1.93. The van der Waals surface area contributed by atoms with E-state index in [0.29, 0.717) is 16.6 Å². The molecule has 15 heteroatoms. The van der Waals surface area contributed by atoms with Gasteiger partial charge in [-0.15, -0.1) is 0 Å². The molecule has 2 aliphatic rings. The van der Waals surface area contributed by atoms with Gasteiger partial charge in [-0.25, -0.2) is 13.8 Å². The number of hydrogen-bond donors (Lipinski definition) is 2. The number of benzene rings is 1. The van der Waals surface area contributed by atoms with Crippen LogP contribution < -0.4 is 10.9 Å². The number of aromatic nitrogens is 5. The second-order valence-corrected chi connectivity index (χ2v) is 12.8. The molecule has 43 heavy (non-hydrogen) atoms. The summed E-state index contributed by atoms with van der Waals surface area (Å²) in [4.78, 5) is 33.0. The number of fused-ring (bicyclic) bond motifs is 2. The number of nitrogens with one attached hydrogen (secondary N) is 1. The van der Waals surface area contributed by atoms with Crippen LogP contribution in [-0.4, -0.2) is 77.8 Å². The van der Waals surface area contributed by atoms with Gasteiger partial charge in [0.2, 0.25) is 5.91 Å². The van der Waals surface area contributed by atoms with Crippen molar-refractivity contribution in [2.75, 3.05) is 20.1 Å². The van der Waals surface area contributed by atoms with Gasteiger partial charge in [0, 0.05) is 30.4 Å². The SMILES string of the molecule is CNC1Cc2cc(-c3snc4c(=O)n(CC5(O)CCN(C(=O)CC(C(F)F)n6ccc(Cl)n6)CC5)cnc34)cc(Cl)c2C1.